The molecule has 0 fully saturated rings. The zero-order valence-corrected chi connectivity index (χ0v) is 10.1. The average molecular weight is 281 g/mol. The number of benzene rings is 1. The SMILES string of the molecule is Cc1ccc(-c2nc(N)nc(=O)[nH]2)c(Br)c1. The number of hydrogen-bond donors (Lipinski definition) is 2. The number of nitrogens with two attached hydrogens (primary N) is 1. The van der Waals surface area contributed by atoms with Crippen molar-refractivity contribution < 1.29 is 0 Å². The van der Waals surface area contributed by atoms with Gasteiger partial charge in [0.2, 0.25) is 5.95 Å². The van der Waals surface area contributed by atoms with Crippen molar-refractivity contribution in [2.24, 2.45) is 0 Å². The normalized spacial score (nSPS) is 10.4. The molecule has 16 heavy (non-hydrogen) atoms. The van der Waals surface area contributed by atoms with Crippen LogP contribution in [-0.4, -0.2) is 15.0 Å². The maximum absolute atomic E-state index is 11.2. The Kier molecular flexibility index (Phi) is 2.74. The van der Waals surface area contributed by atoms with Crippen molar-refractivity contribution in [3.63, 3.8) is 0 Å². The molecule has 2 rings (SSSR count). The number of rotatable bonds is 1. The van der Waals surface area contributed by atoms with Crippen LogP contribution in [0.4, 0.5) is 5.95 Å². The Bertz CT molecular complexity index is 594. The smallest absolute Gasteiger partial charge is 0.349 e. The van der Waals surface area contributed by atoms with Crippen LogP contribution in [-0.2, 0) is 0 Å². The van der Waals surface area contributed by atoms with E-state index in [0.717, 1.165) is 15.6 Å². The summed E-state index contributed by atoms with van der Waals surface area (Å²) < 4.78 is 0.848. The van der Waals surface area contributed by atoms with Gasteiger partial charge in [0.25, 0.3) is 0 Å². The van der Waals surface area contributed by atoms with E-state index >= 15 is 0 Å². The van der Waals surface area contributed by atoms with Gasteiger partial charge in [-0.15, -0.1) is 0 Å². The van der Waals surface area contributed by atoms with Gasteiger partial charge in [0.15, 0.2) is 0 Å². The number of aromatic nitrogens is 3. The molecule has 3 N–H and O–H groups in total. The Hall–Kier alpha value is -1.69. The number of anilines is 1. The third-order valence-electron chi connectivity index (χ3n) is 2.05. The Balaban J connectivity index is 2.63. The van der Waals surface area contributed by atoms with Crippen LogP contribution in [0.5, 0.6) is 0 Å². The van der Waals surface area contributed by atoms with Crippen molar-refractivity contribution in [1.29, 1.82) is 0 Å². The van der Waals surface area contributed by atoms with Crippen LogP contribution >= 0.6 is 15.9 Å². The molecule has 2 aromatic rings. The molecular formula is C10H9BrN4O. The second-order valence-corrected chi connectivity index (χ2v) is 4.20. The summed E-state index contributed by atoms with van der Waals surface area (Å²) in [5.41, 5.74) is 6.80. The van der Waals surface area contributed by atoms with E-state index in [4.69, 9.17) is 5.73 Å². The minimum Gasteiger partial charge on any atom is -0.368 e. The number of nitrogens with one attached hydrogen (secondary N) is 1. The molecule has 1 heterocycles. The molecule has 6 heteroatoms. The van der Waals surface area contributed by atoms with Gasteiger partial charge in [-0.05, 0) is 24.6 Å². The van der Waals surface area contributed by atoms with Gasteiger partial charge in [0.1, 0.15) is 5.82 Å². The molecule has 0 atom stereocenters. The molecule has 0 aliphatic carbocycles. The highest BCUT2D eigenvalue weighted by Gasteiger charge is 2.07. The van der Waals surface area contributed by atoms with Crippen LogP contribution in [0.3, 0.4) is 0 Å². The molecule has 0 aliphatic heterocycles. The van der Waals surface area contributed by atoms with Gasteiger partial charge in [0, 0.05) is 10.0 Å². The van der Waals surface area contributed by atoms with Crippen LogP contribution in [0.2, 0.25) is 0 Å². The first-order valence-corrected chi connectivity index (χ1v) is 5.36. The molecule has 5 nitrogen and oxygen atoms in total. The van der Waals surface area contributed by atoms with Gasteiger partial charge in [-0.25, -0.2) is 4.79 Å². The quantitative estimate of drug-likeness (QED) is 0.829. The average Bonchev–Trinajstić information content (AvgIpc) is 2.15. The molecule has 0 spiro atoms. The summed E-state index contributed by atoms with van der Waals surface area (Å²) in [7, 11) is 0. The zero-order chi connectivity index (χ0) is 11.7. The summed E-state index contributed by atoms with van der Waals surface area (Å²) >= 11 is 3.41. The van der Waals surface area contributed by atoms with Gasteiger partial charge >= 0.3 is 5.69 Å². The van der Waals surface area contributed by atoms with Crippen molar-refractivity contribution >= 4 is 21.9 Å². The van der Waals surface area contributed by atoms with Crippen molar-refractivity contribution in [2.45, 2.75) is 6.92 Å². The third kappa shape index (κ3) is 2.11. The van der Waals surface area contributed by atoms with E-state index in [-0.39, 0.29) is 5.95 Å². The maximum Gasteiger partial charge on any atom is 0.349 e. The largest absolute Gasteiger partial charge is 0.368 e. The Morgan fingerprint density at radius 2 is 2.12 bits per heavy atom. The fraction of sp³-hybridized carbons (Fsp3) is 0.100. The lowest BCUT2D eigenvalue weighted by Crippen LogP contribution is -2.15. The monoisotopic (exact) mass is 280 g/mol. The summed E-state index contributed by atoms with van der Waals surface area (Å²) in [6, 6.07) is 5.72. The van der Waals surface area contributed by atoms with Gasteiger partial charge in [-0.2, -0.15) is 9.97 Å². The maximum atomic E-state index is 11.2. The van der Waals surface area contributed by atoms with E-state index in [1.165, 1.54) is 0 Å². The molecule has 0 saturated carbocycles. The predicted octanol–water partition coefficient (Wildman–Crippen LogP) is 1.49. The summed E-state index contributed by atoms with van der Waals surface area (Å²) in [5.74, 6) is 0.371. The Morgan fingerprint density at radius 1 is 1.38 bits per heavy atom. The number of hydrogen-bond acceptors (Lipinski definition) is 4. The topological polar surface area (TPSA) is 84.7 Å². The Morgan fingerprint density at radius 3 is 2.75 bits per heavy atom. The summed E-state index contributed by atoms with van der Waals surface area (Å²) in [5, 5.41) is 0. The summed E-state index contributed by atoms with van der Waals surface area (Å²) in [4.78, 5) is 21.1. The van der Waals surface area contributed by atoms with Gasteiger partial charge < -0.3 is 5.73 Å². The first kappa shape index (κ1) is 10.8. The molecule has 0 bridgehead atoms. The van der Waals surface area contributed by atoms with E-state index in [9.17, 15) is 4.79 Å². The number of nitrogen functional groups attached to an aromatic ring is 1. The lowest BCUT2D eigenvalue weighted by molar-refractivity contribution is 1.01. The molecule has 1 aromatic carbocycles. The second-order valence-electron chi connectivity index (χ2n) is 3.34. The minimum atomic E-state index is -0.505. The van der Waals surface area contributed by atoms with Crippen LogP contribution in [0.25, 0.3) is 11.4 Å². The molecule has 0 radical (unpaired) electrons. The van der Waals surface area contributed by atoms with Crippen LogP contribution in [0.1, 0.15) is 5.56 Å². The van der Waals surface area contributed by atoms with E-state index in [2.05, 4.69) is 30.9 Å². The van der Waals surface area contributed by atoms with E-state index in [0.29, 0.717) is 5.82 Å². The number of aromatic amines is 1. The van der Waals surface area contributed by atoms with Crippen molar-refractivity contribution in [3.05, 3.63) is 38.7 Å². The number of H-pyrrole nitrogens is 1. The van der Waals surface area contributed by atoms with Crippen LogP contribution in [0.15, 0.2) is 27.5 Å². The fourth-order valence-electron chi connectivity index (χ4n) is 1.34. The molecular weight excluding hydrogens is 272 g/mol. The van der Waals surface area contributed by atoms with Gasteiger partial charge in [0.05, 0.1) is 0 Å². The standard InChI is InChI=1S/C10H9BrN4O/c1-5-2-3-6(7(11)4-5)8-13-9(12)15-10(16)14-8/h2-4H,1H3,(H3,12,13,14,15,16). The third-order valence-corrected chi connectivity index (χ3v) is 2.70. The van der Waals surface area contributed by atoms with Crippen molar-refractivity contribution in [1.82, 2.24) is 15.0 Å². The highest BCUT2D eigenvalue weighted by Crippen LogP contribution is 2.25. The Labute approximate surface area is 99.9 Å². The van der Waals surface area contributed by atoms with Crippen molar-refractivity contribution in [3.8, 4) is 11.4 Å². The van der Waals surface area contributed by atoms with E-state index in [1.807, 2.05) is 25.1 Å². The fourth-order valence-corrected chi connectivity index (χ4v) is 2.02. The molecule has 82 valence electrons. The van der Waals surface area contributed by atoms with E-state index in [1.54, 1.807) is 0 Å². The number of nitrogens with zero attached hydrogens (tertiary/aromatic N) is 2. The zero-order valence-electron chi connectivity index (χ0n) is 8.49. The first-order chi connectivity index (χ1) is 7.56. The minimum absolute atomic E-state index is 0.0359. The lowest BCUT2D eigenvalue weighted by Gasteiger charge is -2.04. The molecule has 0 unspecified atom stereocenters. The molecule has 0 saturated heterocycles. The number of aryl methyl sites for hydroxylation is 1. The molecule has 1 aromatic heterocycles. The van der Waals surface area contributed by atoms with Gasteiger partial charge in [-0.1, -0.05) is 22.0 Å². The predicted molar refractivity (Wildman–Crippen MR) is 64.9 cm³/mol. The molecule has 0 amide bonds. The lowest BCUT2D eigenvalue weighted by atomic mass is 10.1. The molecule has 0 aliphatic rings. The van der Waals surface area contributed by atoms with Crippen molar-refractivity contribution in [2.75, 3.05) is 5.73 Å². The van der Waals surface area contributed by atoms with E-state index < -0.39 is 5.69 Å². The highest BCUT2D eigenvalue weighted by atomic mass is 79.9. The van der Waals surface area contributed by atoms with Gasteiger partial charge in [-0.3, -0.25) is 4.98 Å². The van der Waals surface area contributed by atoms with Crippen LogP contribution in [0, 0.1) is 6.92 Å². The highest BCUT2D eigenvalue weighted by molar-refractivity contribution is 9.10. The number of halogens is 1. The summed E-state index contributed by atoms with van der Waals surface area (Å²) in [6.07, 6.45) is 0. The summed E-state index contributed by atoms with van der Waals surface area (Å²) in [6.45, 7) is 1.98. The van der Waals surface area contributed by atoms with Crippen LogP contribution < -0.4 is 11.4 Å². The first-order valence-electron chi connectivity index (χ1n) is 4.56. The second kappa shape index (κ2) is 4.05.